The predicted molar refractivity (Wildman–Crippen MR) is 124 cm³/mol. The fourth-order valence-electron chi connectivity index (χ4n) is 2.82. The Morgan fingerprint density at radius 3 is 2.03 bits per heavy atom. The van der Waals surface area contributed by atoms with Crippen molar-refractivity contribution in [1.82, 2.24) is 10.6 Å². The molecule has 0 atom stereocenters. The molecule has 0 aliphatic rings. The number of guanidine groups is 1. The lowest BCUT2D eigenvalue weighted by Crippen LogP contribution is -2.42. The van der Waals surface area contributed by atoms with Crippen LogP contribution in [0, 0.1) is 0 Å². The minimum absolute atomic E-state index is 0. The minimum atomic E-state index is -2.66. The van der Waals surface area contributed by atoms with E-state index in [2.05, 4.69) is 34.7 Å². The van der Waals surface area contributed by atoms with Gasteiger partial charge >= 0.3 is 5.97 Å². The Labute approximate surface area is 187 Å². The van der Waals surface area contributed by atoms with E-state index in [1.54, 1.807) is 0 Å². The van der Waals surface area contributed by atoms with Crippen LogP contribution >= 0.6 is 12.4 Å². The minimum Gasteiger partial charge on any atom is -0.480 e. The smallest absolute Gasteiger partial charge is 0.322 e. The lowest BCUT2D eigenvalue weighted by Gasteiger charge is -2.08. The third-order valence-electron chi connectivity index (χ3n) is 4.44. The van der Waals surface area contributed by atoms with Crippen molar-refractivity contribution in [3.05, 3.63) is 12.2 Å². The molecule has 0 spiro atoms. The summed E-state index contributed by atoms with van der Waals surface area (Å²) >= 11 is 0. The zero-order valence-corrected chi connectivity index (χ0v) is 18.7. The average molecular weight is 435 g/mol. The van der Waals surface area contributed by atoms with Crippen molar-refractivity contribution < 1.29 is 18.8 Å². The van der Waals surface area contributed by atoms with Gasteiger partial charge in [-0.25, -0.2) is 0 Å². The molecule has 0 aromatic carbocycles. The molecule has 170 valence electrons. The molecular formula is C22H42ClN3O3. The topological polar surface area (TPSA) is 90.8 Å². The van der Waals surface area contributed by atoms with E-state index in [1.165, 1.54) is 44.9 Å². The normalized spacial score (nSPS) is 13.3. The lowest BCUT2D eigenvalue weighted by molar-refractivity contribution is -0.135. The first-order chi connectivity index (χ1) is 14.7. The molecule has 0 rings (SSSR count). The number of nitrogens with zero attached hydrogens (tertiary/aromatic N) is 1. The maximum atomic E-state index is 11.9. The summed E-state index contributed by atoms with van der Waals surface area (Å²) in [5.41, 5.74) is 0. The van der Waals surface area contributed by atoms with Crippen molar-refractivity contribution in [3.63, 3.8) is 0 Å². The second-order valence-corrected chi connectivity index (χ2v) is 7.09. The number of amides is 1. The van der Waals surface area contributed by atoms with Gasteiger partial charge < -0.3 is 10.4 Å². The van der Waals surface area contributed by atoms with E-state index in [1.807, 2.05) is 0 Å². The summed E-state index contributed by atoms with van der Waals surface area (Å²) in [5, 5.41) is 13.3. The van der Waals surface area contributed by atoms with Gasteiger partial charge in [0.05, 0.1) is 0 Å². The van der Waals surface area contributed by atoms with Gasteiger partial charge in [0.2, 0.25) is 5.91 Å². The van der Waals surface area contributed by atoms with Crippen LogP contribution in [0.2, 0.25) is 0 Å². The standard InChI is InChI=1S/C22H41N3O3.ClH/c1-3-4-5-6-7-8-9-10-11-12-13-14-15-16-17-18-20(26)25-22(23-2)24-19-21(27)28;/h10-11H,3-9,12-19H2,1-2H3,(H,27,28)(H2,23,24,25,26);1H/b11-10-;/i2D3;. The molecule has 0 bridgehead atoms. The number of aliphatic carboxylic acids is 1. The Bertz CT molecular complexity index is 556. The van der Waals surface area contributed by atoms with E-state index in [9.17, 15) is 9.59 Å². The number of hydrogen-bond acceptors (Lipinski definition) is 3. The Kier molecular flexibility index (Phi) is 18.6. The Balaban J connectivity index is 0. The Morgan fingerprint density at radius 1 is 0.931 bits per heavy atom. The number of carboxylic acid groups (broad SMARTS) is 1. The third kappa shape index (κ3) is 22.6. The Morgan fingerprint density at radius 2 is 1.48 bits per heavy atom. The number of allylic oxidation sites excluding steroid dienone is 2. The van der Waals surface area contributed by atoms with Gasteiger partial charge in [0.1, 0.15) is 6.54 Å². The van der Waals surface area contributed by atoms with E-state index < -0.39 is 19.5 Å². The van der Waals surface area contributed by atoms with Crippen LogP contribution in [-0.4, -0.2) is 36.5 Å². The molecule has 1 amide bonds. The highest BCUT2D eigenvalue weighted by atomic mass is 35.5. The summed E-state index contributed by atoms with van der Waals surface area (Å²) in [6.45, 7) is -0.944. The van der Waals surface area contributed by atoms with E-state index >= 15 is 0 Å². The molecule has 0 unspecified atom stereocenters. The van der Waals surface area contributed by atoms with E-state index in [-0.39, 0.29) is 30.7 Å². The summed E-state index contributed by atoms with van der Waals surface area (Å²) in [6, 6.07) is 0. The van der Waals surface area contributed by atoms with Crippen LogP contribution < -0.4 is 10.6 Å². The predicted octanol–water partition coefficient (Wildman–Crippen LogP) is 5.22. The number of nitrogens with one attached hydrogen (secondary N) is 2. The molecule has 0 aliphatic carbocycles. The van der Waals surface area contributed by atoms with Gasteiger partial charge in [0, 0.05) is 17.5 Å². The number of carbonyl (C=O) groups excluding carboxylic acids is 1. The van der Waals surface area contributed by atoms with Crippen molar-refractivity contribution >= 4 is 30.2 Å². The summed E-state index contributed by atoms with van der Waals surface area (Å²) in [4.78, 5) is 25.9. The zero-order chi connectivity index (χ0) is 23.4. The van der Waals surface area contributed by atoms with Gasteiger partial charge in [-0.05, 0) is 32.1 Å². The van der Waals surface area contributed by atoms with E-state index in [0.29, 0.717) is 6.42 Å². The summed E-state index contributed by atoms with van der Waals surface area (Å²) < 4.78 is 21.4. The first kappa shape index (κ1) is 23.7. The highest BCUT2D eigenvalue weighted by Crippen LogP contribution is 2.09. The molecule has 0 aromatic rings. The second-order valence-electron chi connectivity index (χ2n) is 7.09. The molecule has 3 N–H and O–H groups in total. The first-order valence-corrected chi connectivity index (χ1v) is 10.7. The SMILES string of the molecule is Cl.[2H]C([2H])([2H])N=C(NCC(=O)O)NC(=O)CCCCCCC/C=C\CCCCCCCC. The number of carboxylic acids is 1. The molecule has 29 heavy (non-hydrogen) atoms. The maximum Gasteiger partial charge on any atom is 0.322 e. The van der Waals surface area contributed by atoms with Crippen LogP contribution in [-0.2, 0) is 9.59 Å². The Hall–Kier alpha value is -1.56. The molecule has 0 fully saturated rings. The fourth-order valence-corrected chi connectivity index (χ4v) is 2.82. The highest BCUT2D eigenvalue weighted by molar-refractivity contribution is 5.97. The van der Waals surface area contributed by atoms with Gasteiger partial charge in [-0.3, -0.25) is 19.9 Å². The van der Waals surface area contributed by atoms with Crippen molar-refractivity contribution in [2.45, 2.75) is 96.8 Å². The number of hydrogen-bond donors (Lipinski definition) is 3. The van der Waals surface area contributed by atoms with Gasteiger partial charge in [-0.2, -0.15) is 0 Å². The third-order valence-corrected chi connectivity index (χ3v) is 4.44. The summed E-state index contributed by atoms with van der Waals surface area (Å²) in [5.74, 6) is -1.89. The largest absolute Gasteiger partial charge is 0.480 e. The van der Waals surface area contributed by atoms with Crippen molar-refractivity contribution in [1.29, 1.82) is 0 Å². The molecular weight excluding hydrogens is 390 g/mol. The average Bonchev–Trinajstić information content (AvgIpc) is 2.68. The van der Waals surface area contributed by atoms with Crippen LogP contribution in [0.15, 0.2) is 17.1 Å². The second kappa shape index (κ2) is 22.7. The van der Waals surface area contributed by atoms with E-state index in [4.69, 9.17) is 9.22 Å². The van der Waals surface area contributed by atoms with Gasteiger partial charge in [-0.15, -0.1) is 12.4 Å². The molecule has 0 aliphatic heterocycles. The number of halogens is 1. The molecule has 0 aromatic heterocycles. The van der Waals surface area contributed by atoms with Gasteiger partial charge in [0.15, 0.2) is 5.96 Å². The molecule has 0 saturated carbocycles. The van der Waals surface area contributed by atoms with Gasteiger partial charge in [-0.1, -0.05) is 70.4 Å². The molecule has 7 heteroatoms. The number of aliphatic imine (C=N–C) groups is 1. The van der Waals surface area contributed by atoms with Crippen molar-refractivity contribution in [2.24, 2.45) is 4.99 Å². The monoisotopic (exact) mass is 434 g/mol. The maximum absolute atomic E-state index is 11.9. The molecule has 6 nitrogen and oxygen atoms in total. The molecule has 0 radical (unpaired) electrons. The zero-order valence-electron chi connectivity index (χ0n) is 20.9. The first-order valence-electron chi connectivity index (χ1n) is 12.2. The van der Waals surface area contributed by atoms with Crippen molar-refractivity contribution in [2.75, 3.05) is 13.5 Å². The van der Waals surface area contributed by atoms with Crippen LogP contribution in [0.4, 0.5) is 0 Å². The van der Waals surface area contributed by atoms with Crippen LogP contribution in [0.3, 0.4) is 0 Å². The molecule has 0 saturated heterocycles. The van der Waals surface area contributed by atoms with Crippen LogP contribution in [0.5, 0.6) is 0 Å². The number of unbranched alkanes of at least 4 members (excludes halogenated alkanes) is 11. The summed E-state index contributed by atoms with van der Waals surface area (Å²) in [7, 11) is 0. The van der Waals surface area contributed by atoms with E-state index in [0.717, 1.165) is 32.1 Å². The van der Waals surface area contributed by atoms with Gasteiger partial charge in [0.25, 0.3) is 0 Å². The van der Waals surface area contributed by atoms with Crippen LogP contribution in [0.25, 0.3) is 0 Å². The van der Waals surface area contributed by atoms with Crippen LogP contribution in [0.1, 0.15) is 101 Å². The molecule has 0 heterocycles. The lowest BCUT2D eigenvalue weighted by atomic mass is 10.1. The number of rotatable bonds is 17. The summed E-state index contributed by atoms with van der Waals surface area (Å²) in [6.07, 6.45) is 20.0. The highest BCUT2D eigenvalue weighted by Gasteiger charge is 2.06. The van der Waals surface area contributed by atoms with Crippen molar-refractivity contribution in [3.8, 4) is 0 Å². The fraction of sp³-hybridized carbons (Fsp3) is 0.773. The number of carbonyl (C=O) groups is 2. The quantitative estimate of drug-likeness (QED) is 0.127.